The number of alkyl halides is 6. The van der Waals surface area contributed by atoms with Gasteiger partial charge in [-0.2, -0.15) is 31.6 Å². The van der Waals surface area contributed by atoms with Crippen molar-refractivity contribution in [2.75, 3.05) is 16.8 Å². The summed E-state index contributed by atoms with van der Waals surface area (Å²) in [5, 5.41) is 14.3. The number of nitrogens with one attached hydrogen (secondary N) is 2. The lowest BCUT2D eigenvalue weighted by molar-refractivity contribution is -0.152. The van der Waals surface area contributed by atoms with E-state index in [1.54, 1.807) is 24.3 Å². The van der Waals surface area contributed by atoms with Gasteiger partial charge in [0, 0.05) is 30.4 Å². The Hall–Kier alpha value is -3.99. The van der Waals surface area contributed by atoms with Crippen molar-refractivity contribution in [3.63, 3.8) is 0 Å². The average molecular weight is 604 g/mol. The second-order valence-corrected chi connectivity index (χ2v) is 9.79. The van der Waals surface area contributed by atoms with Crippen molar-refractivity contribution >= 4 is 46.4 Å². The summed E-state index contributed by atoms with van der Waals surface area (Å²) in [6.07, 6.45) is -14.7. The highest BCUT2D eigenvalue weighted by molar-refractivity contribution is 6.34. The first-order valence-corrected chi connectivity index (χ1v) is 12.6. The number of para-hydroxylation sites is 1. The van der Waals surface area contributed by atoms with Gasteiger partial charge in [-0.3, -0.25) is 14.4 Å². The molecule has 0 saturated carbocycles. The topological polar surface area (TPSA) is 128 Å². The number of rotatable bonds is 9. The molecule has 2 aromatic rings. The van der Waals surface area contributed by atoms with Gasteiger partial charge in [-0.15, -0.1) is 0 Å². The van der Waals surface area contributed by atoms with E-state index in [9.17, 15) is 46.0 Å². The summed E-state index contributed by atoms with van der Waals surface area (Å²) in [4.78, 5) is 40.1. The molecule has 1 heterocycles. The van der Waals surface area contributed by atoms with E-state index in [-0.39, 0.29) is 22.8 Å². The van der Waals surface area contributed by atoms with Crippen molar-refractivity contribution in [2.45, 2.75) is 44.1 Å². The maximum absolute atomic E-state index is 13.3. The fraction of sp³-hybridized carbons (Fsp3) is 0.385. The average Bonchev–Trinajstić information content (AvgIpc) is 3.01. The predicted molar refractivity (Wildman–Crippen MR) is 137 cm³/mol. The smallest absolute Gasteiger partial charge is 0.369 e. The van der Waals surface area contributed by atoms with Gasteiger partial charge in [0.15, 0.2) is 0 Å². The minimum Gasteiger partial charge on any atom is -0.369 e. The third-order valence-electron chi connectivity index (χ3n) is 6.48. The summed E-state index contributed by atoms with van der Waals surface area (Å²) in [5.41, 5.74) is 6.41. The summed E-state index contributed by atoms with van der Waals surface area (Å²) in [5.74, 6) is -7.25. The van der Waals surface area contributed by atoms with Crippen LogP contribution in [0, 0.1) is 23.2 Å². The Morgan fingerprint density at radius 2 is 1.68 bits per heavy atom. The van der Waals surface area contributed by atoms with Crippen LogP contribution in [0.1, 0.15) is 31.2 Å². The zero-order valence-electron chi connectivity index (χ0n) is 21.2. The normalized spacial score (nSPS) is 17.0. The number of hydrogen-bond acceptors (Lipinski definition) is 5. The molecule has 0 spiro atoms. The van der Waals surface area contributed by atoms with Crippen LogP contribution in [0.5, 0.6) is 0 Å². The lowest BCUT2D eigenvalue weighted by Gasteiger charge is -2.29. The minimum atomic E-state index is -4.79. The molecule has 15 heteroatoms. The van der Waals surface area contributed by atoms with Crippen LogP contribution in [-0.2, 0) is 14.4 Å². The molecule has 8 nitrogen and oxygen atoms in total. The fourth-order valence-electron chi connectivity index (χ4n) is 4.51. The molecule has 3 amide bonds. The molecule has 3 atom stereocenters. The quantitative estimate of drug-likeness (QED) is 0.340. The molecule has 220 valence electrons. The molecule has 0 fully saturated rings. The molecule has 3 unspecified atom stereocenters. The monoisotopic (exact) mass is 603 g/mol. The molecule has 1 aliphatic rings. The number of primary amides is 1. The van der Waals surface area contributed by atoms with Crippen molar-refractivity contribution in [3.8, 4) is 6.07 Å². The Bertz CT molecular complexity index is 1340. The zero-order valence-corrected chi connectivity index (χ0v) is 21.9. The van der Waals surface area contributed by atoms with Crippen LogP contribution >= 0.6 is 11.6 Å². The fourth-order valence-corrected chi connectivity index (χ4v) is 4.73. The molecular weight excluding hydrogens is 580 g/mol. The first-order valence-electron chi connectivity index (χ1n) is 12.2. The zero-order chi connectivity index (χ0) is 30.5. The van der Waals surface area contributed by atoms with Crippen LogP contribution in [0.3, 0.4) is 0 Å². The van der Waals surface area contributed by atoms with E-state index in [1.807, 2.05) is 6.07 Å². The van der Waals surface area contributed by atoms with Crippen LogP contribution in [0.2, 0.25) is 5.02 Å². The van der Waals surface area contributed by atoms with E-state index in [0.29, 0.717) is 11.4 Å². The number of nitrogens with zero attached hydrogens (tertiary/aromatic N) is 2. The number of nitriles is 1. The molecule has 0 aliphatic carbocycles. The van der Waals surface area contributed by atoms with Gasteiger partial charge in [-0.05, 0) is 43.2 Å². The molecule has 3 rings (SSSR count). The Morgan fingerprint density at radius 3 is 2.27 bits per heavy atom. The van der Waals surface area contributed by atoms with E-state index in [4.69, 9.17) is 17.3 Å². The van der Waals surface area contributed by atoms with E-state index in [0.717, 1.165) is 0 Å². The van der Waals surface area contributed by atoms with Gasteiger partial charge in [0.25, 0.3) is 0 Å². The van der Waals surface area contributed by atoms with Crippen LogP contribution in [0.4, 0.5) is 43.4 Å². The van der Waals surface area contributed by atoms with Crippen LogP contribution in [0.25, 0.3) is 0 Å². The van der Waals surface area contributed by atoms with Crippen LogP contribution in [-0.4, -0.2) is 42.7 Å². The van der Waals surface area contributed by atoms with Gasteiger partial charge < -0.3 is 21.3 Å². The molecule has 1 aliphatic heterocycles. The Kier molecular flexibility index (Phi) is 9.75. The Balaban J connectivity index is 1.98. The number of halogens is 7. The van der Waals surface area contributed by atoms with E-state index in [1.165, 1.54) is 23.1 Å². The molecule has 41 heavy (non-hydrogen) atoms. The lowest BCUT2D eigenvalue weighted by atomic mass is 9.83. The molecule has 2 aromatic carbocycles. The first kappa shape index (κ1) is 31.5. The Labute approximate surface area is 235 Å². The van der Waals surface area contributed by atoms with Crippen LogP contribution in [0.15, 0.2) is 42.5 Å². The van der Waals surface area contributed by atoms with Crippen molar-refractivity contribution < 1.29 is 40.7 Å². The second kappa shape index (κ2) is 12.7. The van der Waals surface area contributed by atoms with Gasteiger partial charge in [0.05, 0.1) is 34.6 Å². The number of fused-ring (bicyclic) bond motifs is 1. The van der Waals surface area contributed by atoms with Crippen molar-refractivity contribution in [1.29, 1.82) is 5.26 Å². The van der Waals surface area contributed by atoms with Gasteiger partial charge in [-0.25, -0.2) is 0 Å². The SMILES string of the molecule is N#Cc1cccc(N2CC(NC(=O)C(CCC(F)(F)F)C(CCC(F)(F)F)C(N)=O)C(=O)Nc3c(Cl)cccc32)c1. The molecule has 0 aromatic heterocycles. The highest BCUT2D eigenvalue weighted by atomic mass is 35.5. The summed E-state index contributed by atoms with van der Waals surface area (Å²) in [6.45, 7) is -0.310. The van der Waals surface area contributed by atoms with E-state index in [2.05, 4.69) is 10.6 Å². The highest BCUT2D eigenvalue weighted by Crippen LogP contribution is 2.39. The number of carbonyl (C=O) groups is 3. The summed E-state index contributed by atoms with van der Waals surface area (Å²) in [7, 11) is 0. The number of anilines is 3. The molecule has 0 saturated heterocycles. The number of amides is 3. The third-order valence-corrected chi connectivity index (χ3v) is 6.80. The van der Waals surface area contributed by atoms with E-state index >= 15 is 0 Å². The van der Waals surface area contributed by atoms with Crippen LogP contribution < -0.4 is 21.3 Å². The number of nitrogens with two attached hydrogens (primary N) is 1. The highest BCUT2D eigenvalue weighted by Gasteiger charge is 2.41. The number of carbonyl (C=O) groups excluding carboxylic acids is 3. The van der Waals surface area contributed by atoms with Crippen molar-refractivity contribution in [2.24, 2.45) is 17.6 Å². The van der Waals surface area contributed by atoms with Crippen molar-refractivity contribution in [3.05, 3.63) is 53.1 Å². The van der Waals surface area contributed by atoms with Crippen molar-refractivity contribution in [1.82, 2.24) is 5.32 Å². The van der Waals surface area contributed by atoms with E-state index < -0.39 is 73.6 Å². The van der Waals surface area contributed by atoms with Gasteiger partial charge in [-0.1, -0.05) is 23.7 Å². The first-order chi connectivity index (χ1) is 19.1. The minimum absolute atomic E-state index is 0.119. The summed E-state index contributed by atoms with van der Waals surface area (Å²) < 4.78 is 77.8. The van der Waals surface area contributed by atoms with Gasteiger partial charge in [0.1, 0.15) is 6.04 Å². The van der Waals surface area contributed by atoms with Gasteiger partial charge in [0.2, 0.25) is 17.7 Å². The maximum atomic E-state index is 13.3. The van der Waals surface area contributed by atoms with Gasteiger partial charge >= 0.3 is 12.4 Å². The summed E-state index contributed by atoms with van der Waals surface area (Å²) in [6, 6.07) is 11.4. The lowest BCUT2D eigenvalue weighted by Crippen LogP contribution is -2.52. The third kappa shape index (κ3) is 8.50. The molecule has 4 N–H and O–H groups in total. The molecular formula is C26H24ClF6N5O3. The standard InChI is InChI=1S/C26H24ClF6N5O3/c27-18-5-2-6-20-21(18)37-24(41)19(13-38(20)15-4-1-3-14(11-15)12-34)36-23(40)17(8-10-26(31,32)33)16(22(35)39)7-9-25(28,29)30/h1-6,11,16-17,19H,7-10,13H2,(H2,35,39)(H,36,40)(H,37,41). The summed E-state index contributed by atoms with van der Waals surface area (Å²) >= 11 is 6.30. The number of hydrogen-bond donors (Lipinski definition) is 3. The molecule has 0 bridgehead atoms. The predicted octanol–water partition coefficient (Wildman–Crippen LogP) is 5.19. The number of benzene rings is 2. The molecule has 0 radical (unpaired) electrons. The Morgan fingerprint density at radius 1 is 1.07 bits per heavy atom. The second-order valence-electron chi connectivity index (χ2n) is 9.38. The largest absolute Gasteiger partial charge is 0.389 e. The maximum Gasteiger partial charge on any atom is 0.389 e.